The smallest absolute Gasteiger partial charge is 0.330 e. The van der Waals surface area contributed by atoms with Crippen molar-refractivity contribution < 1.29 is 57.2 Å². The lowest BCUT2D eigenvalue weighted by molar-refractivity contribution is -0.151. The molecule has 0 aliphatic heterocycles. The minimum absolute atomic E-state index is 0.0685. The monoisotopic (exact) mass is 898 g/mol. The van der Waals surface area contributed by atoms with Crippen molar-refractivity contribution in [2.45, 2.75) is 135 Å². The second-order valence-electron chi connectivity index (χ2n) is 18.8. The molecule has 2 aromatic rings. The minimum Gasteiger partial charge on any atom is -0.465 e. The summed E-state index contributed by atoms with van der Waals surface area (Å²) in [7, 11) is 0. The molecule has 12 nitrogen and oxygen atoms in total. The van der Waals surface area contributed by atoms with Crippen LogP contribution in [0.25, 0.3) is 10.8 Å². The molecule has 12 heteroatoms. The zero-order valence-corrected chi connectivity index (χ0v) is 38.4. The van der Waals surface area contributed by atoms with Crippen molar-refractivity contribution in [2.75, 3.05) is 26.4 Å². The predicted molar refractivity (Wildman–Crippen MR) is 244 cm³/mol. The van der Waals surface area contributed by atoms with Gasteiger partial charge in [-0.25, -0.2) is 9.59 Å². The van der Waals surface area contributed by atoms with Crippen LogP contribution in [0.4, 0.5) is 0 Å². The number of ether oxygens (including phenoxy) is 6. The molecule has 4 aliphatic carbocycles. The lowest BCUT2D eigenvalue weighted by atomic mass is 9.69. The first-order valence-electron chi connectivity index (χ1n) is 24.4. The number of aryl methyl sites for hydroxylation is 1. The summed E-state index contributed by atoms with van der Waals surface area (Å²) in [5, 5.41) is 1.48. The minimum atomic E-state index is -0.447. The fraction of sp³-hybridized carbons (Fsp3) is 0.623. The molecule has 0 spiro atoms. The van der Waals surface area contributed by atoms with E-state index in [9.17, 15) is 28.8 Å². The Morgan fingerprint density at radius 2 is 0.815 bits per heavy atom. The Bertz CT molecular complexity index is 1960. The van der Waals surface area contributed by atoms with Crippen LogP contribution in [-0.4, -0.2) is 62.2 Å². The zero-order chi connectivity index (χ0) is 46.1. The van der Waals surface area contributed by atoms with Crippen molar-refractivity contribution in [3.05, 3.63) is 61.2 Å². The van der Waals surface area contributed by atoms with Crippen molar-refractivity contribution in [3.8, 4) is 11.5 Å². The van der Waals surface area contributed by atoms with Crippen LogP contribution in [0.1, 0.15) is 134 Å². The van der Waals surface area contributed by atoms with Gasteiger partial charge in [0.1, 0.15) is 11.5 Å². The van der Waals surface area contributed by atoms with Gasteiger partial charge in [0.2, 0.25) is 0 Å². The molecule has 0 unspecified atom stereocenters. The largest absolute Gasteiger partial charge is 0.465 e. The van der Waals surface area contributed by atoms with Gasteiger partial charge in [-0.3, -0.25) is 19.2 Å². The molecule has 0 atom stereocenters. The Morgan fingerprint density at radius 3 is 1.20 bits per heavy atom. The van der Waals surface area contributed by atoms with Gasteiger partial charge in [0.15, 0.2) is 0 Å². The van der Waals surface area contributed by atoms with E-state index < -0.39 is 11.9 Å². The summed E-state index contributed by atoms with van der Waals surface area (Å²) in [5.74, 6) is 1.08. The summed E-state index contributed by atoms with van der Waals surface area (Å²) in [6, 6.07) is 9.46. The van der Waals surface area contributed by atoms with Gasteiger partial charge in [0.25, 0.3) is 0 Å². The van der Waals surface area contributed by atoms with Gasteiger partial charge in [-0.05, 0) is 171 Å². The maximum atomic E-state index is 13.7. The van der Waals surface area contributed by atoms with Gasteiger partial charge in [-0.1, -0.05) is 37.4 Å². The van der Waals surface area contributed by atoms with Crippen LogP contribution in [0.5, 0.6) is 11.5 Å². The lowest BCUT2D eigenvalue weighted by Gasteiger charge is -2.37. The van der Waals surface area contributed by atoms with E-state index in [2.05, 4.69) is 13.2 Å². The van der Waals surface area contributed by atoms with Crippen molar-refractivity contribution in [2.24, 2.45) is 47.3 Å². The molecule has 65 heavy (non-hydrogen) atoms. The highest BCUT2D eigenvalue weighted by molar-refractivity contribution is 5.97. The van der Waals surface area contributed by atoms with E-state index in [1.807, 2.05) is 37.3 Å². The van der Waals surface area contributed by atoms with Crippen molar-refractivity contribution in [3.63, 3.8) is 0 Å². The van der Waals surface area contributed by atoms with E-state index in [0.717, 1.165) is 131 Å². The summed E-state index contributed by atoms with van der Waals surface area (Å²) in [4.78, 5) is 75.0. The van der Waals surface area contributed by atoms with E-state index in [4.69, 9.17) is 28.4 Å². The first-order valence-corrected chi connectivity index (χ1v) is 24.4. The third-order valence-electron chi connectivity index (χ3n) is 14.7. The molecule has 6 rings (SSSR count). The van der Waals surface area contributed by atoms with Crippen LogP contribution >= 0.6 is 0 Å². The number of carbonyl (C=O) groups excluding carboxylic acids is 6. The summed E-state index contributed by atoms with van der Waals surface area (Å²) in [6.45, 7) is 9.88. The van der Waals surface area contributed by atoms with Crippen LogP contribution in [0.3, 0.4) is 0 Å². The second kappa shape index (κ2) is 25.1. The first kappa shape index (κ1) is 49.4. The topological polar surface area (TPSA) is 158 Å². The van der Waals surface area contributed by atoms with Gasteiger partial charge < -0.3 is 28.4 Å². The molecule has 0 bridgehead atoms. The number of benzene rings is 2. The first-order chi connectivity index (χ1) is 31.5. The van der Waals surface area contributed by atoms with Crippen molar-refractivity contribution in [1.82, 2.24) is 0 Å². The fourth-order valence-corrected chi connectivity index (χ4v) is 10.8. The molecular weight excluding hydrogens is 829 g/mol. The summed E-state index contributed by atoms with van der Waals surface area (Å²) >= 11 is 0. The second-order valence-corrected chi connectivity index (χ2v) is 18.8. The average Bonchev–Trinajstić information content (AvgIpc) is 3.34. The molecule has 0 N–H and O–H groups in total. The molecule has 0 aromatic heterocycles. The molecule has 0 heterocycles. The highest BCUT2D eigenvalue weighted by atomic mass is 16.6. The van der Waals surface area contributed by atoms with Crippen molar-refractivity contribution in [1.29, 1.82) is 0 Å². The number of unbranched alkanes of at least 4 members (excludes halogenated alkanes) is 2. The summed E-state index contributed by atoms with van der Waals surface area (Å²) in [5.41, 5.74) is 0.743. The highest BCUT2D eigenvalue weighted by Gasteiger charge is 2.37. The van der Waals surface area contributed by atoms with Crippen LogP contribution < -0.4 is 9.47 Å². The third-order valence-corrected chi connectivity index (χ3v) is 14.7. The standard InChI is InChI=1S/C53H70O12/c1-4-47(54)60-30-8-10-32-62-50(56)40-22-14-36(15-23-40)38-18-26-42(27-19-38)52(58)64-46-34-35(3)49(45-13-7-6-12-44(45)46)65-53(59)43-28-20-39(21-29-43)37-16-24-41(25-17-37)51(57)63-33-11-9-31-61-48(55)5-2/h4-7,12-13,34,36-43H,1-2,8-11,14-33H2,3H3. The van der Waals surface area contributed by atoms with Gasteiger partial charge in [0.05, 0.1) is 50.1 Å². The number of carbonyl (C=O) groups is 6. The molecule has 4 saturated carbocycles. The molecule has 0 radical (unpaired) electrons. The lowest BCUT2D eigenvalue weighted by Crippen LogP contribution is -2.32. The average molecular weight is 899 g/mol. The third kappa shape index (κ3) is 14.2. The van der Waals surface area contributed by atoms with Gasteiger partial charge in [-0.2, -0.15) is 0 Å². The maximum Gasteiger partial charge on any atom is 0.330 e. The van der Waals surface area contributed by atoms with E-state index in [-0.39, 0.29) is 60.8 Å². The SMILES string of the molecule is C=CC(=O)OCCCCOC(=O)C1CCC(C2CCC(C(=O)Oc3cc(C)c(OC(=O)C4CCC(C5CCC(C(=O)OCCCCOC(=O)C=C)CC5)CC4)c4ccccc34)CC2)CC1. The Labute approximate surface area is 384 Å². The van der Waals surface area contributed by atoms with Crippen LogP contribution in [0.2, 0.25) is 0 Å². The maximum absolute atomic E-state index is 13.7. The van der Waals surface area contributed by atoms with Crippen LogP contribution in [0, 0.1) is 54.3 Å². The van der Waals surface area contributed by atoms with Crippen LogP contribution in [0.15, 0.2) is 55.6 Å². The Morgan fingerprint density at radius 1 is 0.477 bits per heavy atom. The fourth-order valence-electron chi connectivity index (χ4n) is 10.8. The van der Waals surface area contributed by atoms with E-state index in [1.165, 1.54) is 0 Å². The van der Waals surface area contributed by atoms with Crippen molar-refractivity contribution >= 4 is 46.6 Å². The van der Waals surface area contributed by atoms with E-state index in [0.29, 0.717) is 74.1 Å². The Hall–Kier alpha value is -5.00. The van der Waals surface area contributed by atoms with E-state index >= 15 is 0 Å². The van der Waals surface area contributed by atoms with Gasteiger partial charge in [0, 0.05) is 22.9 Å². The van der Waals surface area contributed by atoms with Crippen LogP contribution in [-0.2, 0) is 47.7 Å². The Kier molecular flexibility index (Phi) is 19.1. The summed E-state index contributed by atoms with van der Waals surface area (Å²) in [6.07, 6.45) is 19.1. The number of fused-ring (bicyclic) bond motifs is 1. The normalized spacial score (nSPS) is 25.6. The zero-order valence-electron chi connectivity index (χ0n) is 38.4. The molecule has 4 aliphatic rings. The number of esters is 6. The van der Waals surface area contributed by atoms with Gasteiger partial charge in [-0.15, -0.1) is 0 Å². The van der Waals surface area contributed by atoms with E-state index in [1.54, 1.807) is 0 Å². The predicted octanol–water partition coefficient (Wildman–Crippen LogP) is 10.3. The molecule has 354 valence electrons. The molecule has 0 amide bonds. The highest BCUT2D eigenvalue weighted by Crippen LogP contribution is 2.45. The molecule has 2 aromatic carbocycles. The Balaban J connectivity index is 0.898. The molecule has 0 saturated heterocycles. The number of rotatable bonds is 20. The molecule has 4 fully saturated rings. The quantitative estimate of drug-likeness (QED) is 0.0408. The molecular formula is C53H70O12. The number of hydrogen-bond donors (Lipinski definition) is 0. The number of hydrogen-bond acceptors (Lipinski definition) is 12. The van der Waals surface area contributed by atoms with Gasteiger partial charge >= 0.3 is 35.8 Å². The summed E-state index contributed by atoms with van der Waals surface area (Å²) < 4.78 is 33.3.